The summed E-state index contributed by atoms with van der Waals surface area (Å²) < 4.78 is 13.0. The number of anilines is 2. The first kappa shape index (κ1) is 17.2. The Morgan fingerprint density at radius 3 is 2.70 bits per heavy atom. The average molecular weight is 379 g/mol. The number of rotatable bonds is 2. The molecule has 2 amide bonds. The smallest absolute Gasteiger partial charge is 0.260 e. The summed E-state index contributed by atoms with van der Waals surface area (Å²) >= 11 is 1.35. The van der Waals surface area contributed by atoms with E-state index in [1.807, 2.05) is 0 Å². The highest BCUT2D eigenvalue weighted by atomic mass is 32.2. The largest absolute Gasteiger partial charge is 0.322 e. The van der Waals surface area contributed by atoms with Gasteiger partial charge in [-0.2, -0.15) is 0 Å². The Kier molecular flexibility index (Phi) is 4.37. The fourth-order valence-electron chi connectivity index (χ4n) is 2.78. The van der Waals surface area contributed by atoms with Gasteiger partial charge >= 0.3 is 0 Å². The SMILES string of the molecule is CN1C(=O)c2cccnc2Sc2cc(C(=O)Nc3ccc(F)cc3)ccc21. The molecule has 1 aliphatic heterocycles. The average Bonchev–Trinajstić information content (AvgIpc) is 2.78. The lowest BCUT2D eigenvalue weighted by molar-refractivity contribution is 0.0988. The van der Waals surface area contributed by atoms with Crippen LogP contribution in [0.25, 0.3) is 0 Å². The van der Waals surface area contributed by atoms with Gasteiger partial charge in [-0.3, -0.25) is 9.59 Å². The second-order valence-corrected chi connectivity index (χ2v) is 7.00. The Hall–Kier alpha value is -3.19. The van der Waals surface area contributed by atoms with Crippen molar-refractivity contribution in [1.82, 2.24) is 4.98 Å². The number of carbonyl (C=O) groups is 2. The molecule has 1 aromatic heterocycles. The number of nitrogens with one attached hydrogen (secondary N) is 1. The van der Waals surface area contributed by atoms with Crippen LogP contribution in [0.15, 0.2) is 70.7 Å². The van der Waals surface area contributed by atoms with Crippen molar-refractivity contribution in [2.75, 3.05) is 17.3 Å². The van der Waals surface area contributed by atoms with Gasteiger partial charge < -0.3 is 10.2 Å². The van der Waals surface area contributed by atoms with Crippen LogP contribution in [0, 0.1) is 5.82 Å². The van der Waals surface area contributed by atoms with Crippen molar-refractivity contribution in [3.8, 4) is 0 Å². The quantitative estimate of drug-likeness (QED) is 0.724. The number of carbonyl (C=O) groups excluding carboxylic acids is 2. The fraction of sp³-hybridized carbons (Fsp3) is 0.0500. The van der Waals surface area contributed by atoms with E-state index in [1.165, 1.54) is 36.0 Å². The van der Waals surface area contributed by atoms with Gasteiger partial charge in [0.25, 0.3) is 11.8 Å². The van der Waals surface area contributed by atoms with Gasteiger partial charge in [-0.05, 0) is 54.6 Å². The van der Waals surface area contributed by atoms with E-state index in [1.54, 1.807) is 48.5 Å². The maximum Gasteiger partial charge on any atom is 0.260 e. The summed E-state index contributed by atoms with van der Waals surface area (Å²) in [6, 6.07) is 14.2. The minimum atomic E-state index is -0.367. The van der Waals surface area contributed by atoms with E-state index in [4.69, 9.17) is 0 Å². The van der Waals surface area contributed by atoms with E-state index in [0.29, 0.717) is 27.5 Å². The molecule has 1 aliphatic rings. The molecule has 0 radical (unpaired) electrons. The number of amides is 2. The van der Waals surface area contributed by atoms with E-state index in [-0.39, 0.29) is 17.6 Å². The predicted molar refractivity (Wildman–Crippen MR) is 102 cm³/mol. The second kappa shape index (κ2) is 6.85. The van der Waals surface area contributed by atoms with Gasteiger partial charge in [0.15, 0.2) is 0 Å². The van der Waals surface area contributed by atoms with E-state index in [9.17, 15) is 14.0 Å². The molecule has 0 saturated heterocycles. The van der Waals surface area contributed by atoms with E-state index in [2.05, 4.69) is 10.3 Å². The Balaban J connectivity index is 1.67. The zero-order chi connectivity index (χ0) is 19.0. The summed E-state index contributed by atoms with van der Waals surface area (Å²) in [6.07, 6.45) is 1.63. The van der Waals surface area contributed by atoms with Gasteiger partial charge in [-0.25, -0.2) is 9.37 Å². The van der Waals surface area contributed by atoms with Crippen LogP contribution in [0.1, 0.15) is 20.7 Å². The van der Waals surface area contributed by atoms with Crippen molar-refractivity contribution in [2.45, 2.75) is 9.92 Å². The number of benzene rings is 2. The molecule has 0 fully saturated rings. The standard InChI is InChI=1S/C20H14FN3O2S/c1-24-16-9-4-12(18(25)23-14-7-5-13(21)6-8-14)11-17(16)27-19-15(20(24)26)3-2-10-22-19/h2-11H,1H3,(H,23,25). The summed E-state index contributed by atoms with van der Waals surface area (Å²) in [6.45, 7) is 0. The highest BCUT2D eigenvalue weighted by Gasteiger charge is 2.26. The Labute approximate surface area is 159 Å². The lowest BCUT2D eigenvalue weighted by Gasteiger charge is -2.17. The summed E-state index contributed by atoms with van der Waals surface area (Å²) in [4.78, 5) is 31.8. The molecule has 2 heterocycles. The molecule has 7 heteroatoms. The summed E-state index contributed by atoms with van der Waals surface area (Å²) in [5.74, 6) is -0.828. The molecular weight excluding hydrogens is 365 g/mol. The van der Waals surface area contributed by atoms with Crippen molar-refractivity contribution < 1.29 is 14.0 Å². The number of nitrogens with zero attached hydrogens (tertiary/aromatic N) is 2. The lowest BCUT2D eigenvalue weighted by Crippen LogP contribution is -2.26. The molecule has 0 spiro atoms. The first-order valence-corrected chi connectivity index (χ1v) is 8.96. The molecule has 0 unspecified atom stereocenters. The lowest BCUT2D eigenvalue weighted by atomic mass is 10.1. The predicted octanol–water partition coefficient (Wildman–Crippen LogP) is 4.21. The number of hydrogen-bond acceptors (Lipinski definition) is 4. The first-order valence-electron chi connectivity index (χ1n) is 8.15. The molecule has 134 valence electrons. The van der Waals surface area contributed by atoms with Gasteiger partial charge in [0.2, 0.25) is 0 Å². The molecule has 0 atom stereocenters. The maximum absolute atomic E-state index is 13.0. The molecule has 0 saturated carbocycles. The van der Waals surface area contributed by atoms with E-state index >= 15 is 0 Å². The van der Waals surface area contributed by atoms with Gasteiger partial charge in [0.1, 0.15) is 10.8 Å². The van der Waals surface area contributed by atoms with Crippen LogP contribution in [0.3, 0.4) is 0 Å². The minimum absolute atomic E-state index is 0.145. The van der Waals surface area contributed by atoms with Crippen molar-refractivity contribution in [1.29, 1.82) is 0 Å². The molecule has 2 aromatic carbocycles. The topological polar surface area (TPSA) is 62.3 Å². The molecule has 3 aromatic rings. The third-order valence-corrected chi connectivity index (χ3v) is 5.26. The number of halogens is 1. The van der Waals surface area contributed by atoms with Gasteiger partial charge in [-0.15, -0.1) is 0 Å². The van der Waals surface area contributed by atoms with E-state index < -0.39 is 0 Å². The van der Waals surface area contributed by atoms with Gasteiger partial charge in [0.05, 0.1) is 11.3 Å². The van der Waals surface area contributed by atoms with Crippen molar-refractivity contribution >= 4 is 35.0 Å². The molecular formula is C20H14FN3O2S. The minimum Gasteiger partial charge on any atom is -0.322 e. The summed E-state index contributed by atoms with van der Waals surface area (Å²) in [5.41, 5.74) is 2.17. The van der Waals surface area contributed by atoms with Crippen molar-refractivity contribution in [3.05, 3.63) is 77.7 Å². The van der Waals surface area contributed by atoms with Crippen LogP contribution in [0.2, 0.25) is 0 Å². The number of fused-ring (bicyclic) bond motifs is 2. The first-order chi connectivity index (χ1) is 13.0. The molecule has 27 heavy (non-hydrogen) atoms. The third kappa shape index (κ3) is 3.29. The molecule has 1 N–H and O–H groups in total. The molecule has 4 rings (SSSR count). The van der Waals surface area contributed by atoms with Crippen LogP contribution in [0.5, 0.6) is 0 Å². The number of hydrogen-bond donors (Lipinski definition) is 1. The van der Waals surface area contributed by atoms with Crippen LogP contribution < -0.4 is 10.2 Å². The Morgan fingerprint density at radius 1 is 1.15 bits per heavy atom. The number of aromatic nitrogens is 1. The highest BCUT2D eigenvalue weighted by Crippen LogP contribution is 2.40. The monoisotopic (exact) mass is 379 g/mol. The maximum atomic E-state index is 13.0. The highest BCUT2D eigenvalue weighted by molar-refractivity contribution is 7.99. The zero-order valence-corrected chi connectivity index (χ0v) is 15.1. The second-order valence-electron chi connectivity index (χ2n) is 5.97. The van der Waals surface area contributed by atoms with Gasteiger partial charge in [-0.1, -0.05) is 11.8 Å². The molecule has 0 bridgehead atoms. The number of pyridine rings is 1. The Bertz CT molecular complexity index is 1050. The van der Waals surface area contributed by atoms with Crippen LogP contribution in [-0.4, -0.2) is 23.8 Å². The van der Waals surface area contributed by atoms with E-state index in [0.717, 1.165) is 4.90 Å². The third-order valence-electron chi connectivity index (χ3n) is 4.20. The van der Waals surface area contributed by atoms with Crippen molar-refractivity contribution in [3.63, 3.8) is 0 Å². The summed E-state index contributed by atoms with van der Waals surface area (Å²) in [5, 5.41) is 3.34. The fourth-order valence-corrected chi connectivity index (χ4v) is 3.86. The molecule has 0 aliphatic carbocycles. The van der Waals surface area contributed by atoms with Crippen LogP contribution in [-0.2, 0) is 0 Å². The molecule has 5 nitrogen and oxygen atoms in total. The van der Waals surface area contributed by atoms with Gasteiger partial charge in [0, 0.05) is 29.4 Å². The normalized spacial score (nSPS) is 12.8. The zero-order valence-electron chi connectivity index (χ0n) is 14.3. The van der Waals surface area contributed by atoms with Crippen LogP contribution in [0.4, 0.5) is 15.8 Å². The Morgan fingerprint density at radius 2 is 1.93 bits per heavy atom. The van der Waals surface area contributed by atoms with Crippen molar-refractivity contribution in [2.24, 2.45) is 0 Å². The van der Waals surface area contributed by atoms with Crippen LogP contribution >= 0.6 is 11.8 Å². The summed E-state index contributed by atoms with van der Waals surface area (Å²) in [7, 11) is 1.70.